The summed E-state index contributed by atoms with van der Waals surface area (Å²) in [6.07, 6.45) is 4.40. The number of carbonyl (C=O) groups excluding carboxylic acids is 1. The molecular weight excluding hydrogens is 306 g/mol. The fraction of sp³-hybridized carbons (Fsp3) is 0. The van der Waals surface area contributed by atoms with Gasteiger partial charge in [0.25, 0.3) is 5.91 Å². The second-order valence-corrected chi connectivity index (χ2v) is 4.80. The first kappa shape index (κ1) is 15.2. The Balaban J connectivity index is 1.70. The molecule has 8 heteroatoms. The minimum Gasteiger partial charge on any atom is -0.393 e. The van der Waals surface area contributed by atoms with E-state index < -0.39 is 0 Å². The van der Waals surface area contributed by atoms with E-state index in [0.29, 0.717) is 17.2 Å². The van der Waals surface area contributed by atoms with Crippen molar-refractivity contribution in [3.8, 4) is 0 Å². The highest BCUT2D eigenvalue weighted by Crippen LogP contribution is 2.24. The standard InChI is InChI=1S/C16H15N7O/c17-13-14(21-12-6-2-1-3-7-12)19-10-20-15(13)22-23-16(24)11-5-4-8-18-9-11/h1-10H,17H2,(H,23,24)(H2,19,20,21,22). The van der Waals surface area contributed by atoms with Crippen LogP contribution >= 0.6 is 0 Å². The van der Waals surface area contributed by atoms with Crippen molar-refractivity contribution < 1.29 is 4.79 Å². The second-order valence-electron chi connectivity index (χ2n) is 4.80. The van der Waals surface area contributed by atoms with Crippen LogP contribution in [0.1, 0.15) is 10.4 Å². The van der Waals surface area contributed by atoms with Gasteiger partial charge in [0, 0.05) is 18.1 Å². The molecule has 3 rings (SSSR count). The zero-order valence-electron chi connectivity index (χ0n) is 12.6. The van der Waals surface area contributed by atoms with E-state index in [1.54, 1.807) is 18.3 Å². The minimum atomic E-state index is -0.348. The Kier molecular flexibility index (Phi) is 4.47. The monoisotopic (exact) mass is 321 g/mol. The molecule has 0 unspecified atom stereocenters. The second kappa shape index (κ2) is 7.05. The largest absolute Gasteiger partial charge is 0.393 e. The number of pyridine rings is 1. The third kappa shape index (κ3) is 3.55. The van der Waals surface area contributed by atoms with Crippen LogP contribution in [0.2, 0.25) is 0 Å². The van der Waals surface area contributed by atoms with Gasteiger partial charge in [-0.3, -0.25) is 20.6 Å². The number of amides is 1. The summed E-state index contributed by atoms with van der Waals surface area (Å²) in [6.45, 7) is 0. The van der Waals surface area contributed by atoms with Crippen LogP contribution in [0, 0.1) is 0 Å². The Labute approximate surface area is 138 Å². The van der Waals surface area contributed by atoms with Gasteiger partial charge in [-0.2, -0.15) is 0 Å². The number of nitrogens with zero attached hydrogens (tertiary/aromatic N) is 3. The first-order chi connectivity index (χ1) is 11.7. The van der Waals surface area contributed by atoms with Crippen molar-refractivity contribution in [2.45, 2.75) is 0 Å². The Bertz CT molecular complexity index is 824. The quantitative estimate of drug-likeness (QED) is 0.530. The van der Waals surface area contributed by atoms with Crippen molar-refractivity contribution in [3.05, 3.63) is 66.7 Å². The van der Waals surface area contributed by atoms with Crippen LogP contribution in [-0.2, 0) is 0 Å². The molecule has 0 radical (unpaired) electrons. The Morgan fingerprint density at radius 2 is 1.79 bits per heavy atom. The maximum absolute atomic E-state index is 12.0. The number of para-hydroxylation sites is 1. The molecule has 2 aromatic heterocycles. The molecule has 3 aromatic rings. The van der Waals surface area contributed by atoms with E-state index in [1.807, 2.05) is 30.3 Å². The van der Waals surface area contributed by atoms with Gasteiger partial charge in [-0.1, -0.05) is 18.2 Å². The number of nitrogen functional groups attached to an aromatic ring is 1. The summed E-state index contributed by atoms with van der Waals surface area (Å²) in [5.41, 5.74) is 12.8. The van der Waals surface area contributed by atoms with Crippen molar-refractivity contribution in [2.24, 2.45) is 0 Å². The van der Waals surface area contributed by atoms with E-state index in [-0.39, 0.29) is 11.6 Å². The van der Waals surface area contributed by atoms with Crippen LogP contribution in [0.5, 0.6) is 0 Å². The van der Waals surface area contributed by atoms with Crippen LogP contribution in [0.25, 0.3) is 0 Å². The first-order valence-corrected chi connectivity index (χ1v) is 7.13. The van der Waals surface area contributed by atoms with Gasteiger partial charge in [0.2, 0.25) is 0 Å². The van der Waals surface area contributed by atoms with Crippen molar-refractivity contribution in [2.75, 3.05) is 16.5 Å². The summed E-state index contributed by atoms with van der Waals surface area (Å²) in [6, 6.07) is 12.8. The van der Waals surface area contributed by atoms with Gasteiger partial charge in [-0.05, 0) is 24.3 Å². The fourth-order valence-electron chi connectivity index (χ4n) is 1.94. The summed E-state index contributed by atoms with van der Waals surface area (Å²) in [5, 5.41) is 3.09. The highest BCUT2D eigenvalue weighted by Gasteiger charge is 2.10. The van der Waals surface area contributed by atoms with Gasteiger partial charge in [0.05, 0.1) is 5.56 Å². The van der Waals surface area contributed by atoms with Gasteiger partial charge in [-0.25, -0.2) is 9.97 Å². The van der Waals surface area contributed by atoms with Crippen LogP contribution in [-0.4, -0.2) is 20.9 Å². The Morgan fingerprint density at radius 1 is 1.00 bits per heavy atom. The topological polar surface area (TPSA) is 118 Å². The number of benzene rings is 1. The van der Waals surface area contributed by atoms with E-state index in [4.69, 9.17) is 5.73 Å². The van der Waals surface area contributed by atoms with E-state index in [0.717, 1.165) is 5.69 Å². The molecule has 0 fully saturated rings. The smallest absolute Gasteiger partial charge is 0.271 e. The molecule has 0 atom stereocenters. The number of carbonyl (C=O) groups is 1. The molecule has 0 saturated carbocycles. The SMILES string of the molecule is Nc1c(NNC(=O)c2cccnc2)ncnc1Nc1ccccc1. The van der Waals surface area contributed by atoms with Crippen molar-refractivity contribution in [3.63, 3.8) is 0 Å². The van der Waals surface area contributed by atoms with Gasteiger partial charge >= 0.3 is 0 Å². The molecule has 0 bridgehead atoms. The number of nitrogens with one attached hydrogen (secondary N) is 3. The lowest BCUT2D eigenvalue weighted by atomic mass is 10.3. The highest BCUT2D eigenvalue weighted by molar-refractivity contribution is 5.94. The summed E-state index contributed by atoms with van der Waals surface area (Å²) >= 11 is 0. The average Bonchev–Trinajstić information content (AvgIpc) is 2.64. The lowest BCUT2D eigenvalue weighted by Gasteiger charge is -2.13. The lowest BCUT2D eigenvalue weighted by Crippen LogP contribution is -2.30. The summed E-state index contributed by atoms with van der Waals surface area (Å²) in [5.74, 6) is 0.383. The molecule has 1 amide bonds. The molecular formula is C16H15N7O. The number of anilines is 4. The lowest BCUT2D eigenvalue weighted by molar-refractivity contribution is 0.0962. The minimum absolute atomic E-state index is 0.285. The number of nitrogens with two attached hydrogens (primary N) is 1. The zero-order chi connectivity index (χ0) is 16.8. The van der Waals surface area contributed by atoms with Gasteiger partial charge in [0.1, 0.15) is 12.0 Å². The van der Waals surface area contributed by atoms with Gasteiger partial charge in [-0.15, -0.1) is 0 Å². The van der Waals surface area contributed by atoms with Crippen molar-refractivity contribution in [1.29, 1.82) is 0 Å². The Morgan fingerprint density at radius 3 is 2.54 bits per heavy atom. The van der Waals surface area contributed by atoms with E-state index in [1.165, 1.54) is 12.5 Å². The predicted molar refractivity (Wildman–Crippen MR) is 91.5 cm³/mol. The molecule has 5 N–H and O–H groups in total. The highest BCUT2D eigenvalue weighted by atomic mass is 16.2. The molecule has 0 aliphatic rings. The molecule has 24 heavy (non-hydrogen) atoms. The molecule has 0 aliphatic heterocycles. The van der Waals surface area contributed by atoms with E-state index in [2.05, 4.69) is 31.1 Å². The van der Waals surface area contributed by atoms with Gasteiger partial charge in [0.15, 0.2) is 11.6 Å². The molecule has 2 heterocycles. The van der Waals surface area contributed by atoms with Gasteiger partial charge < -0.3 is 11.1 Å². The maximum atomic E-state index is 12.0. The number of hydrogen-bond acceptors (Lipinski definition) is 7. The number of rotatable bonds is 5. The summed E-state index contributed by atoms with van der Waals surface area (Å²) < 4.78 is 0. The third-order valence-corrected chi connectivity index (χ3v) is 3.14. The maximum Gasteiger partial charge on any atom is 0.271 e. The van der Waals surface area contributed by atoms with Crippen molar-refractivity contribution in [1.82, 2.24) is 20.4 Å². The number of hydrogen-bond donors (Lipinski definition) is 4. The number of aromatic nitrogens is 3. The molecule has 0 spiro atoms. The first-order valence-electron chi connectivity index (χ1n) is 7.13. The molecule has 0 saturated heterocycles. The number of hydrazine groups is 1. The normalized spacial score (nSPS) is 10.0. The molecule has 1 aromatic carbocycles. The van der Waals surface area contributed by atoms with Crippen molar-refractivity contribution >= 4 is 28.9 Å². The summed E-state index contributed by atoms with van der Waals surface area (Å²) in [7, 11) is 0. The molecule has 0 aliphatic carbocycles. The molecule has 8 nitrogen and oxygen atoms in total. The third-order valence-electron chi connectivity index (χ3n) is 3.14. The van der Waals surface area contributed by atoms with E-state index >= 15 is 0 Å². The average molecular weight is 321 g/mol. The molecule has 120 valence electrons. The van der Waals surface area contributed by atoms with Crippen LogP contribution in [0.3, 0.4) is 0 Å². The Hall–Kier alpha value is -3.68. The van der Waals surface area contributed by atoms with Crippen LogP contribution < -0.4 is 21.9 Å². The zero-order valence-corrected chi connectivity index (χ0v) is 12.6. The van der Waals surface area contributed by atoms with Crippen LogP contribution in [0.4, 0.5) is 23.0 Å². The predicted octanol–water partition coefficient (Wildman–Crippen LogP) is 1.95. The van der Waals surface area contributed by atoms with E-state index in [9.17, 15) is 4.79 Å². The van der Waals surface area contributed by atoms with Crippen LogP contribution in [0.15, 0.2) is 61.2 Å². The summed E-state index contributed by atoms with van der Waals surface area (Å²) in [4.78, 5) is 24.0. The fourth-order valence-corrected chi connectivity index (χ4v) is 1.94.